The number of likely N-dealkylation sites (tertiary alicyclic amines) is 1. The van der Waals surface area contributed by atoms with E-state index in [4.69, 9.17) is 19.5 Å². The van der Waals surface area contributed by atoms with Crippen LogP contribution in [0.15, 0.2) is 0 Å². The Bertz CT molecular complexity index is 941. The van der Waals surface area contributed by atoms with Crippen LogP contribution in [-0.4, -0.2) is 156 Å². The minimum Gasteiger partial charge on any atom is -0.393 e. The second-order valence-electron chi connectivity index (χ2n) is 10.5. The molecule has 15 heteroatoms. The summed E-state index contributed by atoms with van der Waals surface area (Å²) in [6.45, 7) is 7.93. The van der Waals surface area contributed by atoms with Gasteiger partial charge in [0, 0.05) is 65.4 Å². The first-order valence-corrected chi connectivity index (χ1v) is 17.0. The van der Waals surface area contributed by atoms with Crippen molar-refractivity contribution >= 4 is 20.0 Å². The van der Waals surface area contributed by atoms with Gasteiger partial charge in [0.05, 0.1) is 38.2 Å². The van der Waals surface area contributed by atoms with Crippen LogP contribution in [0.25, 0.3) is 0 Å². The smallest absolute Gasteiger partial charge is 0.238 e. The van der Waals surface area contributed by atoms with Gasteiger partial charge in [-0.3, -0.25) is 9.80 Å². The molecular weight excluding hydrogens is 538 g/mol. The van der Waals surface area contributed by atoms with Gasteiger partial charge >= 0.3 is 0 Å². The Labute approximate surface area is 227 Å². The molecule has 1 unspecified atom stereocenters. The summed E-state index contributed by atoms with van der Waals surface area (Å²) in [4.78, 5) is 4.62. The third-order valence-corrected chi connectivity index (χ3v) is 11.2. The van der Waals surface area contributed by atoms with Gasteiger partial charge in [-0.05, 0) is 32.1 Å². The van der Waals surface area contributed by atoms with E-state index in [0.29, 0.717) is 104 Å². The molecule has 1 N–H and O–H groups in total. The van der Waals surface area contributed by atoms with Gasteiger partial charge in [-0.15, -0.1) is 0 Å². The fourth-order valence-electron chi connectivity index (χ4n) is 5.64. The minimum atomic E-state index is -3.49. The van der Waals surface area contributed by atoms with E-state index in [1.54, 1.807) is 0 Å². The number of aliphatic hydroxyl groups is 1. The first-order chi connectivity index (χ1) is 18.2. The zero-order chi connectivity index (χ0) is 27.1. The van der Waals surface area contributed by atoms with E-state index in [-0.39, 0.29) is 18.0 Å². The van der Waals surface area contributed by atoms with Crippen molar-refractivity contribution in [2.24, 2.45) is 0 Å². The normalized spacial score (nSPS) is 28.2. The quantitative estimate of drug-likeness (QED) is 0.288. The maximum absolute atomic E-state index is 12.7. The van der Waals surface area contributed by atoms with Crippen LogP contribution >= 0.6 is 0 Å². The third kappa shape index (κ3) is 8.28. The van der Waals surface area contributed by atoms with Gasteiger partial charge in [-0.25, -0.2) is 22.2 Å². The van der Waals surface area contributed by atoms with E-state index >= 15 is 0 Å². The molecule has 4 aliphatic rings. The van der Waals surface area contributed by atoms with E-state index in [9.17, 15) is 21.9 Å². The van der Waals surface area contributed by atoms with Crippen molar-refractivity contribution in [1.82, 2.24) is 23.7 Å². The predicted molar refractivity (Wildman–Crippen MR) is 140 cm³/mol. The molecule has 0 aromatic rings. The molecule has 0 saturated carbocycles. The minimum absolute atomic E-state index is 0.291. The molecule has 0 aliphatic carbocycles. The first kappa shape index (κ1) is 30.5. The summed E-state index contributed by atoms with van der Waals surface area (Å²) in [5.74, 6) is -0.597. The number of sulfonamides is 2. The van der Waals surface area contributed by atoms with Crippen molar-refractivity contribution in [3.05, 3.63) is 0 Å². The molecule has 38 heavy (non-hydrogen) atoms. The van der Waals surface area contributed by atoms with Crippen molar-refractivity contribution < 1.29 is 36.2 Å². The van der Waals surface area contributed by atoms with Crippen LogP contribution in [0.2, 0.25) is 0 Å². The molecular formula is C23H44N5O8S2. The van der Waals surface area contributed by atoms with Crippen LogP contribution in [0.5, 0.6) is 0 Å². The molecule has 1 radical (unpaired) electrons. The van der Waals surface area contributed by atoms with Crippen LogP contribution in [0.3, 0.4) is 0 Å². The number of rotatable bonds is 12. The zero-order valence-electron chi connectivity index (χ0n) is 22.3. The molecule has 4 heterocycles. The molecule has 0 aromatic carbocycles. The predicted octanol–water partition coefficient (Wildman–Crippen LogP) is -1.51. The third-order valence-electron chi connectivity index (χ3n) is 7.95. The molecule has 4 saturated heterocycles. The highest BCUT2D eigenvalue weighted by Crippen LogP contribution is 2.30. The van der Waals surface area contributed by atoms with Crippen LogP contribution in [-0.2, 0) is 34.3 Å². The summed E-state index contributed by atoms with van der Waals surface area (Å²) < 4.78 is 69.0. The molecule has 0 amide bonds. The molecule has 4 fully saturated rings. The number of hydrogen-bond donors (Lipinski definition) is 1. The molecule has 4 aliphatic heterocycles. The van der Waals surface area contributed by atoms with Crippen LogP contribution < -0.4 is 5.32 Å². The first-order valence-electron chi connectivity index (χ1n) is 13.7. The number of ether oxygens (including phenoxy) is 3. The number of aliphatic hydroxyl groups excluding tert-OH is 1. The average Bonchev–Trinajstić information content (AvgIpc) is 2.89. The topological polar surface area (TPSA) is 143 Å². The van der Waals surface area contributed by atoms with Gasteiger partial charge in [-0.2, -0.15) is 8.61 Å². The Hall–Kier alpha value is -0.460. The van der Waals surface area contributed by atoms with Crippen molar-refractivity contribution in [1.29, 1.82) is 0 Å². The maximum atomic E-state index is 12.7. The molecule has 13 nitrogen and oxygen atoms in total. The molecule has 4 rings (SSSR count). The summed E-state index contributed by atoms with van der Waals surface area (Å²) >= 11 is 0. The Morgan fingerprint density at radius 3 is 1.92 bits per heavy atom. The lowest BCUT2D eigenvalue weighted by atomic mass is 9.93. The fourth-order valence-corrected chi connectivity index (χ4v) is 8.08. The van der Waals surface area contributed by atoms with Crippen molar-refractivity contribution in [3.8, 4) is 0 Å². The Morgan fingerprint density at radius 2 is 1.32 bits per heavy atom. The SMILES string of the molecule is O=S1(=O)COCCN1CCCC(CCN1CCOCS1(=O)=O)([N]CCN1CCOCC1)N1CCC(O)CC1. The number of nitrogens with zero attached hydrogens (tertiary/aromatic N) is 5. The van der Waals surface area contributed by atoms with Gasteiger partial charge in [0.15, 0.2) is 11.9 Å². The molecule has 0 bridgehead atoms. The van der Waals surface area contributed by atoms with Crippen LogP contribution in [0.1, 0.15) is 32.1 Å². The summed E-state index contributed by atoms with van der Waals surface area (Å²) in [6.07, 6.45) is 2.61. The zero-order valence-corrected chi connectivity index (χ0v) is 23.9. The highest BCUT2D eigenvalue weighted by atomic mass is 32.2. The summed E-state index contributed by atoms with van der Waals surface area (Å²) in [7, 11) is -6.92. The molecule has 0 aromatic heterocycles. The number of piperidine rings is 1. The monoisotopic (exact) mass is 582 g/mol. The molecule has 0 spiro atoms. The summed E-state index contributed by atoms with van der Waals surface area (Å²) in [5, 5.41) is 15.4. The van der Waals surface area contributed by atoms with Gasteiger partial charge in [0.25, 0.3) is 0 Å². The van der Waals surface area contributed by atoms with E-state index in [1.807, 2.05) is 0 Å². The molecule has 1 atom stereocenters. The maximum Gasteiger partial charge on any atom is 0.238 e. The Balaban J connectivity index is 1.49. The van der Waals surface area contributed by atoms with E-state index in [0.717, 1.165) is 19.6 Å². The summed E-state index contributed by atoms with van der Waals surface area (Å²) in [6, 6.07) is 0. The van der Waals surface area contributed by atoms with Gasteiger partial charge in [0.1, 0.15) is 0 Å². The average molecular weight is 583 g/mol. The Kier molecular flexibility index (Phi) is 11.2. The van der Waals surface area contributed by atoms with E-state index in [2.05, 4.69) is 9.80 Å². The fraction of sp³-hybridized carbons (Fsp3) is 1.00. The second-order valence-corrected chi connectivity index (χ2v) is 14.3. The van der Waals surface area contributed by atoms with Gasteiger partial charge in [0.2, 0.25) is 20.0 Å². The largest absolute Gasteiger partial charge is 0.393 e. The van der Waals surface area contributed by atoms with Gasteiger partial charge in [-0.1, -0.05) is 0 Å². The van der Waals surface area contributed by atoms with Gasteiger partial charge < -0.3 is 19.3 Å². The van der Waals surface area contributed by atoms with Crippen molar-refractivity contribution in [2.75, 3.05) is 104 Å². The van der Waals surface area contributed by atoms with Crippen molar-refractivity contribution in [2.45, 2.75) is 43.9 Å². The Morgan fingerprint density at radius 1 is 0.737 bits per heavy atom. The highest BCUT2D eigenvalue weighted by molar-refractivity contribution is 7.89. The van der Waals surface area contributed by atoms with Crippen molar-refractivity contribution in [3.63, 3.8) is 0 Å². The highest BCUT2D eigenvalue weighted by Gasteiger charge is 2.41. The van der Waals surface area contributed by atoms with E-state index < -0.39 is 25.7 Å². The lowest BCUT2D eigenvalue weighted by Gasteiger charge is -2.47. The number of morpholine rings is 1. The number of hydrogen-bond acceptors (Lipinski definition) is 10. The van der Waals surface area contributed by atoms with E-state index in [1.165, 1.54) is 8.61 Å². The lowest BCUT2D eigenvalue weighted by molar-refractivity contribution is -0.0238. The summed E-state index contributed by atoms with van der Waals surface area (Å²) in [5.41, 5.74) is -0.656. The molecule has 221 valence electrons. The second kappa shape index (κ2) is 13.9. The lowest BCUT2D eigenvalue weighted by Crippen LogP contribution is -2.61. The van der Waals surface area contributed by atoms with Crippen LogP contribution in [0.4, 0.5) is 0 Å². The van der Waals surface area contributed by atoms with Crippen LogP contribution in [0, 0.1) is 0 Å². The standard InChI is InChI=1S/C23H44N5O8S2/c29-22-2-8-26(9-3-22)23(24-6-11-25-12-16-34-17-13-25,5-10-28-15-19-36-21-38(28,32)33)4-1-7-27-14-18-35-20-37(27,30)31/h22,29H,1-21H2.